The van der Waals surface area contributed by atoms with Gasteiger partial charge < -0.3 is 10.4 Å². The van der Waals surface area contributed by atoms with Crippen molar-refractivity contribution in [1.82, 2.24) is 20.1 Å². The maximum Gasteiger partial charge on any atom is 0.251 e. The van der Waals surface area contributed by atoms with Gasteiger partial charge in [0.1, 0.15) is 12.7 Å². The van der Waals surface area contributed by atoms with Gasteiger partial charge in [0.2, 0.25) is 0 Å². The molecule has 2 aromatic rings. The van der Waals surface area contributed by atoms with Gasteiger partial charge in [-0.1, -0.05) is 6.92 Å². The van der Waals surface area contributed by atoms with Crippen LogP contribution in [0.2, 0.25) is 0 Å². The van der Waals surface area contributed by atoms with Crippen LogP contribution >= 0.6 is 0 Å². The number of aryl methyl sites for hydroxylation is 1. The molecular weight excluding hydrogens is 280 g/mol. The molecule has 0 aliphatic heterocycles. The Bertz CT molecular complexity index is 623. The third-order valence-electron chi connectivity index (χ3n) is 3.49. The Morgan fingerprint density at radius 3 is 2.77 bits per heavy atom. The molecule has 0 saturated carbocycles. The highest BCUT2D eigenvalue weighted by Gasteiger charge is 2.12. The number of benzene rings is 1. The lowest BCUT2D eigenvalue weighted by atomic mass is 10.0. The highest BCUT2D eigenvalue weighted by Crippen LogP contribution is 2.14. The predicted molar refractivity (Wildman–Crippen MR) is 83.9 cm³/mol. The van der Waals surface area contributed by atoms with Crippen molar-refractivity contribution in [1.29, 1.82) is 0 Å². The van der Waals surface area contributed by atoms with Gasteiger partial charge in [-0.3, -0.25) is 4.79 Å². The zero-order valence-corrected chi connectivity index (χ0v) is 13.2. The summed E-state index contributed by atoms with van der Waals surface area (Å²) in [5.74, 6) is 0.138. The predicted octanol–water partition coefficient (Wildman–Crippen LogP) is 1.71. The molecule has 6 nitrogen and oxygen atoms in total. The van der Waals surface area contributed by atoms with Crippen LogP contribution in [0, 0.1) is 12.8 Å². The van der Waals surface area contributed by atoms with Gasteiger partial charge in [0.05, 0.1) is 11.8 Å². The van der Waals surface area contributed by atoms with Crippen LogP contribution in [0.1, 0.15) is 36.2 Å². The number of aliphatic hydroxyl groups is 1. The summed E-state index contributed by atoms with van der Waals surface area (Å²) >= 11 is 0. The molecule has 6 heteroatoms. The molecule has 0 fully saturated rings. The lowest BCUT2D eigenvalue weighted by Gasteiger charge is -2.15. The van der Waals surface area contributed by atoms with E-state index in [0.717, 1.165) is 11.3 Å². The molecule has 0 aliphatic carbocycles. The Labute approximate surface area is 130 Å². The fraction of sp³-hybridized carbons (Fsp3) is 0.438. The molecule has 1 aromatic heterocycles. The van der Waals surface area contributed by atoms with Crippen molar-refractivity contribution in [3.63, 3.8) is 0 Å². The minimum atomic E-state index is -0.351. The van der Waals surface area contributed by atoms with Crippen molar-refractivity contribution < 1.29 is 9.90 Å². The lowest BCUT2D eigenvalue weighted by Crippen LogP contribution is -2.30. The van der Waals surface area contributed by atoms with Crippen LogP contribution in [0.25, 0.3) is 5.69 Å². The van der Waals surface area contributed by atoms with Crippen molar-refractivity contribution in [2.45, 2.75) is 33.3 Å². The molecule has 1 aromatic carbocycles. The van der Waals surface area contributed by atoms with Crippen molar-refractivity contribution in [3.8, 4) is 5.69 Å². The first-order chi connectivity index (χ1) is 10.5. The number of carbonyl (C=O) groups is 1. The van der Waals surface area contributed by atoms with E-state index in [4.69, 9.17) is 0 Å². The Morgan fingerprint density at radius 1 is 1.41 bits per heavy atom. The Morgan fingerprint density at radius 2 is 2.18 bits per heavy atom. The van der Waals surface area contributed by atoms with Gasteiger partial charge in [0.25, 0.3) is 5.91 Å². The molecule has 2 N–H and O–H groups in total. The van der Waals surface area contributed by atoms with Gasteiger partial charge in [-0.05, 0) is 49.9 Å². The van der Waals surface area contributed by atoms with E-state index < -0.39 is 0 Å². The average molecular weight is 302 g/mol. The van der Waals surface area contributed by atoms with Gasteiger partial charge in [0.15, 0.2) is 0 Å². The Balaban J connectivity index is 2.01. The van der Waals surface area contributed by atoms with Crippen LogP contribution in [0.15, 0.2) is 30.9 Å². The van der Waals surface area contributed by atoms with Gasteiger partial charge >= 0.3 is 0 Å². The molecule has 2 atom stereocenters. The van der Waals surface area contributed by atoms with Crippen molar-refractivity contribution in [2.24, 2.45) is 5.92 Å². The second-order valence-corrected chi connectivity index (χ2v) is 5.74. The third-order valence-corrected chi connectivity index (χ3v) is 3.49. The molecule has 22 heavy (non-hydrogen) atoms. The van der Waals surface area contributed by atoms with E-state index in [1.165, 1.54) is 6.33 Å². The number of aromatic nitrogens is 3. The average Bonchev–Trinajstić information content (AvgIpc) is 2.98. The number of carbonyl (C=O) groups excluding carboxylic acids is 1. The standard InChI is InChI=1S/C16H22N4O2/c1-11(6-13(3)21)8-18-16(22)15-5-4-14(7-12(15)2)20-10-17-9-19-20/h4-5,7,9-11,13,21H,6,8H2,1-3H3,(H,18,22). The number of nitrogens with zero attached hydrogens (tertiary/aromatic N) is 3. The lowest BCUT2D eigenvalue weighted by molar-refractivity contribution is 0.0939. The summed E-state index contributed by atoms with van der Waals surface area (Å²) in [7, 11) is 0. The number of aliphatic hydroxyl groups excluding tert-OH is 1. The Hall–Kier alpha value is -2.21. The monoisotopic (exact) mass is 302 g/mol. The van der Waals surface area contributed by atoms with E-state index in [1.807, 2.05) is 26.0 Å². The molecule has 118 valence electrons. The molecule has 0 saturated heterocycles. The molecule has 0 spiro atoms. The number of rotatable bonds is 6. The zero-order chi connectivity index (χ0) is 16.1. The number of hydrogen-bond acceptors (Lipinski definition) is 4. The van der Waals surface area contributed by atoms with Crippen LogP contribution in [0.3, 0.4) is 0 Å². The number of amides is 1. The van der Waals surface area contributed by atoms with Crippen LogP contribution in [0.4, 0.5) is 0 Å². The van der Waals surface area contributed by atoms with Gasteiger partial charge in [-0.15, -0.1) is 0 Å². The van der Waals surface area contributed by atoms with E-state index in [9.17, 15) is 9.90 Å². The van der Waals surface area contributed by atoms with Crippen LogP contribution in [-0.2, 0) is 0 Å². The van der Waals surface area contributed by atoms with Crippen molar-refractivity contribution >= 4 is 5.91 Å². The summed E-state index contributed by atoms with van der Waals surface area (Å²) in [4.78, 5) is 16.2. The smallest absolute Gasteiger partial charge is 0.251 e. The fourth-order valence-corrected chi connectivity index (χ4v) is 2.41. The molecular formula is C16H22N4O2. The van der Waals surface area contributed by atoms with E-state index in [2.05, 4.69) is 15.4 Å². The SMILES string of the molecule is Cc1cc(-n2cncn2)ccc1C(=O)NCC(C)CC(C)O. The summed E-state index contributed by atoms with van der Waals surface area (Å²) in [6.07, 6.45) is 3.41. The fourth-order valence-electron chi connectivity index (χ4n) is 2.41. The molecule has 0 bridgehead atoms. The summed E-state index contributed by atoms with van der Waals surface area (Å²) in [6, 6.07) is 5.54. The van der Waals surface area contributed by atoms with Gasteiger partial charge in [-0.2, -0.15) is 5.10 Å². The maximum absolute atomic E-state index is 12.2. The third kappa shape index (κ3) is 4.14. The van der Waals surface area contributed by atoms with Crippen LogP contribution in [0.5, 0.6) is 0 Å². The maximum atomic E-state index is 12.2. The molecule has 0 aliphatic rings. The summed E-state index contributed by atoms with van der Waals surface area (Å²) in [6.45, 7) is 6.21. The second kappa shape index (κ2) is 7.17. The Kier molecular flexibility index (Phi) is 5.27. The quantitative estimate of drug-likeness (QED) is 0.851. The largest absolute Gasteiger partial charge is 0.393 e. The topological polar surface area (TPSA) is 80.0 Å². The molecule has 2 unspecified atom stereocenters. The van der Waals surface area contributed by atoms with E-state index >= 15 is 0 Å². The normalized spacial score (nSPS) is 13.6. The minimum absolute atomic E-state index is 0.0971. The van der Waals surface area contributed by atoms with Crippen LogP contribution < -0.4 is 5.32 Å². The molecule has 0 radical (unpaired) electrons. The first kappa shape index (κ1) is 16.2. The summed E-state index contributed by atoms with van der Waals surface area (Å²) in [5, 5.41) is 16.3. The number of hydrogen-bond donors (Lipinski definition) is 2. The van der Waals surface area contributed by atoms with Crippen LogP contribution in [-0.4, -0.2) is 38.4 Å². The van der Waals surface area contributed by atoms with E-state index in [-0.39, 0.29) is 17.9 Å². The molecule has 1 amide bonds. The minimum Gasteiger partial charge on any atom is -0.393 e. The van der Waals surface area contributed by atoms with Gasteiger partial charge in [-0.25, -0.2) is 9.67 Å². The summed E-state index contributed by atoms with van der Waals surface area (Å²) in [5.41, 5.74) is 2.40. The molecule has 2 rings (SSSR count). The molecule has 1 heterocycles. The number of nitrogens with one attached hydrogen (secondary N) is 1. The first-order valence-electron chi connectivity index (χ1n) is 7.39. The highest BCUT2D eigenvalue weighted by atomic mass is 16.3. The summed E-state index contributed by atoms with van der Waals surface area (Å²) < 4.78 is 1.65. The second-order valence-electron chi connectivity index (χ2n) is 5.74. The first-order valence-corrected chi connectivity index (χ1v) is 7.39. The highest BCUT2D eigenvalue weighted by molar-refractivity contribution is 5.95. The zero-order valence-electron chi connectivity index (χ0n) is 13.2. The van der Waals surface area contributed by atoms with E-state index in [0.29, 0.717) is 18.5 Å². The van der Waals surface area contributed by atoms with Crippen molar-refractivity contribution in [3.05, 3.63) is 42.0 Å². The van der Waals surface area contributed by atoms with E-state index in [1.54, 1.807) is 24.0 Å². The van der Waals surface area contributed by atoms with Gasteiger partial charge in [0, 0.05) is 12.1 Å². The van der Waals surface area contributed by atoms with Crippen molar-refractivity contribution in [2.75, 3.05) is 6.54 Å².